The van der Waals surface area contributed by atoms with Crippen LogP contribution in [-0.4, -0.2) is 15.1 Å². The van der Waals surface area contributed by atoms with E-state index in [-0.39, 0.29) is 0 Å². The van der Waals surface area contributed by atoms with Gasteiger partial charge in [0.25, 0.3) is 0 Å². The van der Waals surface area contributed by atoms with Gasteiger partial charge in [-0.3, -0.25) is 4.68 Å². The minimum Gasteiger partial charge on any atom is -0.263 e. The first kappa shape index (κ1) is 11.0. The van der Waals surface area contributed by atoms with Crippen LogP contribution in [0, 0.1) is 0 Å². The molecule has 0 saturated carbocycles. The Morgan fingerprint density at radius 2 is 2.07 bits per heavy atom. The highest BCUT2D eigenvalue weighted by atomic mass is 79.9. The van der Waals surface area contributed by atoms with E-state index in [1.807, 2.05) is 22.9 Å². The molecule has 0 unspecified atom stereocenters. The molecule has 4 heteroatoms. The van der Waals surface area contributed by atoms with Crippen LogP contribution in [-0.2, 0) is 6.54 Å². The van der Waals surface area contributed by atoms with Crippen LogP contribution in [0.4, 0.5) is 0 Å². The zero-order chi connectivity index (χ0) is 10.7. The number of hydrogen-bond acceptors (Lipinski definition) is 1. The van der Waals surface area contributed by atoms with Crippen molar-refractivity contribution in [1.82, 2.24) is 9.78 Å². The molecule has 15 heavy (non-hydrogen) atoms. The second-order valence-electron chi connectivity index (χ2n) is 3.43. The van der Waals surface area contributed by atoms with Gasteiger partial charge < -0.3 is 0 Å². The van der Waals surface area contributed by atoms with Gasteiger partial charge in [-0.05, 0) is 25.0 Å². The van der Waals surface area contributed by atoms with Crippen molar-refractivity contribution in [1.29, 1.82) is 0 Å². The molecular weight excluding hydrogens is 275 g/mol. The van der Waals surface area contributed by atoms with Gasteiger partial charge in [-0.25, -0.2) is 0 Å². The molecule has 0 aliphatic rings. The summed E-state index contributed by atoms with van der Waals surface area (Å²) in [7, 11) is 0. The number of para-hydroxylation sites is 1. The zero-order valence-corrected chi connectivity index (χ0v) is 10.6. The molecular formula is C11H12BrClN2. The quantitative estimate of drug-likeness (QED) is 0.617. The van der Waals surface area contributed by atoms with E-state index >= 15 is 0 Å². The lowest BCUT2D eigenvalue weighted by Crippen LogP contribution is -1.99. The van der Waals surface area contributed by atoms with E-state index in [1.54, 1.807) is 0 Å². The molecule has 0 saturated heterocycles. The number of fused-ring (bicyclic) bond motifs is 1. The van der Waals surface area contributed by atoms with Gasteiger partial charge >= 0.3 is 0 Å². The molecule has 0 aliphatic heterocycles. The van der Waals surface area contributed by atoms with E-state index in [2.05, 4.69) is 27.1 Å². The van der Waals surface area contributed by atoms with E-state index in [4.69, 9.17) is 11.6 Å². The van der Waals surface area contributed by atoms with Crippen LogP contribution in [0.5, 0.6) is 0 Å². The molecule has 0 aliphatic carbocycles. The summed E-state index contributed by atoms with van der Waals surface area (Å²) in [5, 5.41) is 7.01. The SMILES string of the molecule is Clc1nn(CCCCBr)c2ccccc12. The van der Waals surface area contributed by atoms with Crippen LogP contribution in [0.3, 0.4) is 0 Å². The Kier molecular flexibility index (Phi) is 3.65. The van der Waals surface area contributed by atoms with Gasteiger partial charge in [-0.15, -0.1) is 0 Å². The lowest BCUT2D eigenvalue weighted by Gasteiger charge is -2.01. The third kappa shape index (κ3) is 2.34. The van der Waals surface area contributed by atoms with Crippen LogP contribution in [0.2, 0.25) is 5.15 Å². The average Bonchev–Trinajstić information content (AvgIpc) is 2.58. The predicted molar refractivity (Wildman–Crippen MR) is 67.8 cm³/mol. The van der Waals surface area contributed by atoms with Crippen molar-refractivity contribution in [3.63, 3.8) is 0 Å². The number of rotatable bonds is 4. The molecule has 2 rings (SSSR count). The van der Waals surface area contributed by atoms with Gasteiger partial charge in [0, 0.05) is 17.3 Å². The van der Waals surface area contributed by atoms with Gasteiger partial charge in [-0.1, -0.05) is 39.7 Å². The zero-order valence-electron chi connectivity index (χ0n) is 8.29. The summed E-state index contributed by atoms with van der Waals surface area (Å²) in [4.78, 5) is 0. The van der Waals surface area contributed by atoms with Crippen molar-refractivity contribution in [3.8, 4) is 0 Å². The fraction of sp³-hybridized carbons (Fsp3) is 0.364. The van der Waals surface area contributed by atoms with Crippen molar-refractivity contribution < 1.29 is 0 Å². The summed E-state index contributed by atoms with van der Waals surface area (Å²) in [5.41, 5.74) is 1.12. The Hall–Kier alpha value is -0.540. The van der Waals surface area contributed by atoms with Crippen LogP contribution in [0.15, 0.2) is 24.3 Å². The molecule has 0 atom stereocenters. The van der Waals surface area contributed by atoms with E-state index in [9.17, 15) is 0 Å². The second-order valence-corrected chi connectivity index (χ2v) is 4.58. The van der Waals surface area contributed by atoms with Crippen molar-refractivity contribution in [2.45, 2.75) is 19.4 Å². The number of benzene rings is 1. The lowest BCUT2D eigenvalue weighted by atomic mass is 10.2. The summed E-state index contributed by atoms with van der Waals surface area (Å²) in [6.07, 6.45) is 2.28. The first-order valence-corrected chi connectivity index (χ1v) is 6.50. The fourth-order valence-corrected chi connectivity index (χ4v) is 2.26. The highest BCUT2D eigenvalue weighted by molar-refractivity contribution is 9.09. The minimum atomic E-state index is 0.601. The molecule has 1 heterocycles. The van der Waals surface area contributed by atoms with Gasteiger partial charge in [0.15, 0.2) is 5.15 Å². The molecule has 0 bridgehead atoms. The highest BCUT2D eigenvalue weighted by Gasteiger charge is 2.06. The Labute approximate surface area is 102 Å². The fourth-order valence-electron chi connectivity index (χ4n) is 1.61. The van der Waals surface area contributed by atoms with Gasteiger partial charge in [0.2, 0.25) is 0 Å². The van der Waals surface area contributed by atoms with Crippen molar-refractivity contribution >= 4 is 38.4 Å². The highest BCUT2D eigenvalue weighted by Crippen LogP contribution is 2.22. The number of halogens is 2. The van der Waals surface area contributed by atoms with Crippen LogP contribution < -0.4 is 0 Å². The molecule has 1 aromatic heterocycles. The van der Waals surface area contributed by atoms with E-state index < -0.39 is 0 Å². The Morgan fingerprint density at radius 3 is 2.87 bits per heavy atom. The molecule has 0 spiro atoms. The standard InChI is InChI=1S/C11H12BrClN2/c12-7-3-4-8-15-10-6-2-1-5-9(10)11(13)14-15/h1-2,5-6H,3-4,7-8H2. The first-order valence-electron chi connectivity index (χ1n) is 5.00. The molecule has 1 aromatic carbocycles. The number of unbranched alkanes of at least 4 members (excludes halogenated alkanes) is 1. The van der Waals surface area contributed by atoms with Crippen molar-refractivity contribution in [3.05, 3.63) is 29.4 Å². The molecule has 0 fully saturated rings. The predicted octanol–water partition coefficient (Wildman–Crippen LogP) is 3.86. The molecule has 2 nitrogen and oxygen atoms in total. The smallest absolute Gasteiger partial charge is 0.158 e. The van der Waals surface area contributed by atoms with E-state index in [0.29, 0.717) is 5.15 Å². The first-order chi connectivity index (χ1) is 7.33. The lowest BCUT2D eigenvalue weighted by molar-refractivity contribution is 0.591. The molecule has 0 amide bonds. The van der Waals surface area contributed by atoms with Crippen molar-refractivity contribution in [2.75, 3.05) is 5.33 Å². The Balaban J connectivity index is 2.27. The Bertz CT molecular complexity index is 453. The normalized spacial score (nSPS) is 11.1. The maximum absolute atomic E-state index is 6.05. The summed E-state index contributed by atoms with van der Waals surface area (Å²) in [6.45, 7) is 0.929. The van der Waals surface area contributed by atoms with Crippen LogP contribution >= 0.6 is 27.5 Å². The third-order valence-corrected chi connectivity index (χ3v) is 3.21. The third-order valence-electron chi connectivity index (χ3n) is 2.37. The monoisotopic (exact) mass is 286 g/mol. The summed E-state index contributed by atoms with van der Waals surface area (Å²) >= 11 is 9.47. The molecule has 2 aromatic rings. The van der Waals surface area contributed by atoms with Crippen molar-refractivity contribution in [2.24, 2.45) is 0 Å². The molecule has 80 valence electrons. The van der Waals surface area contributed by atoms with E-state index in [1.165, 1.54) is 0 Å². The maximum Gasteiger partial charge on any atom is 0.158 e. The number of alkyl halides is 1. The number of hydrogen-bond donors (Lipinski definition) is 0. The van der Waals surface area contributed by atoms with Gasteiger partial charge in [0.05, 0.1) is 5.52 Å². The number of aryl methyl sites for hydroxylation is 1. The van der Waals surface area contributed by atoms with E-state index in [0.717, 1.165) is 35.6 Å². The van der Waals surface area contributed by atoms with Crippen LogP contribution in [0.25, 0.3) is 10.9 Å². The summed E-state index contributed by atoms with van der Waals surface area (Å²) in [6, 6.07) is 8.06. The minimum absolute atomic E-state index is 0.601. The van der Waals surface area contributed by atoms with Gasteiger partial charge in [-0.2, -0.15) is 5.10 Å². The summed E-state index contributed by atoms with van der Waals surface area (Å²) in [5.74, 6) is 0. The van der Waals surface area contributed by atoms with Gasteiger partial charge in [0.1, 0.15) is 0 Å². The molecule has 0 radical (unpaired) electrons. The topological polar surface area (TPSA) is 17.8 Å². The largest absolute Gasteiger partial charge is 0.263 e. The maximum atomic E-state index is 6.05. The summed E-state index contributed by atoms with van der Waals surface area (Å²) < 4.78 is 1.99. The number of nitrogens with zero attached hydrogens (tertiary/aromatic N) is 2. The second kappa shape index (κ2) is 4.99. The molecule has 0 N–H and O–H groups in total. The average molecular weight is 288 g/mol. The Morgan fingerprint density at radius 1 is 1.27 bits per heavy atom. The number of aromatic nitrogens is 2. The van der Waals surface area contributed by atoms with Crippen LogP contribution in [0.1, 0.15) is 12.8 Å².